The third kappa shape index (κ3) is 5.11. The van der Waals surface area contributed by atoms with Gasteiger partial charge in [0, 0.05) is 28.6 Å². The molecular weight excluding hydrogens is 471 g/mol. The Hall–Kier alpha value is -2.77. The maximum absolute atomic E-state index is 14.2. The van der Waals surface area contributed by atoms with Crippen molar-refractivity contribution >= 4 is 29.3 Å². The van der Waals surface area contributed by atoms with E-state index in [1.54, 1.807) is 7.11 Å². The van der Waals surface area contributed by atoms with Crippen LogP contribution in [-0.2, 0) is 12.8 Å². The molecule has 8 heteroatoms. The monoisotopic (exact) mass is 502 g/mol. The number of primary amides is 1. The number of methoxy groups -OCH3 is 1. The summed E-state index contributed by atoms with van der Waals surface area (Å²) in [4.78, 5) is 11.9. The van der Waals surface area contributed by atoms with Crippen LogP contribution >= 0.6 is 12.4 Å². The first-order valence-electron chi connectivity index (χ1n) is 12.1. The third-order valence-electron chi connectivity index (χ3n) is 7.35. The van der Waals surface area contributed by atoms with E-state index in [-0.39, 0.29) is 24.2 Å². The van der Waals surface area contributed by atoms with Crippen LogP contribution in [0, 0.1) is 11.7 Å². The summed E-state index contributed by atoms with van der Waals surface area (Å²) >= 11 is 0. The van der Waals surface area contributed by atoms with Crippen LogP contribution in [-0.4, -0.2) is 31.7 Å². The second-order valence-electron chi connectivity index (χ2n) is 9.43. The zero-order chi connectivity index (χ0) is 23.7. The Bertz CT molecular complexity index is 1190. The number of aryl methyl sites for hydroxylation is 1. The summed E-state index contributed by atoms with van der Waals surface area (Å²) in [6, 6.07) is 9.04. The van der Waals surface area contributed by atoms with E-state index in [0.717, 1.165) is 36.0 Å². The summed E-state index contributed by atoms with van der Waals surface area (Å²) in [6.07, 6.45) is 9.03. The quantitative estimate of drug-likeness (QED) is 0.420. The molecule has 0 bridgehead atoms. The average Bonchev–Trinajstić information content (AvgIpc) is 3.21. The van der Waals surface area contributed by atoms with Gasteiger partial charge in [0.2, 0.25) is 5.91 Å². The number of para-hydroxylation sites is 1. The maximum atomic E-state index is 14.2. The van der Waals surface area contributed by atoms with Gasteiger partial charge >= 0.3 is 0 Å². The van der Waals surface area contributed by atoms with E-state index >= 15 is 0 Å². The Kier molecular flexibility index (Phi) is 7.87. The van der Waals surface area contributed by atoms with Gasteiger partial charge in [-0.2, -0.15) is 0 Å². The van der Waals surface area contributed by atoms with Gasteiger partial charge in [0.05, 0.1) is 13.4 Å². The van der Waals surface area contributed by atoms with E-state index in [2.05, 4.69) is 11.4 Å². The molecule has 2 aromatic carbocycles. The summed E-state index contributed by atoms with van der Waals surface area (Å²) in [6.45, 7) is 0.377. The summed E-state index contributed by atoms with van der Waals surface area (Å²) in [5, 5.41) is 4.88. The first kappa shape index (κ1) is 25.3. The van der Waals surface area contributed by atoms with E-state index in [4.69, 9.17) is 19.6 Å². The fraction of sp³-hybridized carbons (Fsp3) is 0.444. The minimum Gasteiger partial charge on any atom is -0.493 e. The van der Waals surface area contributed by atoms with Gasteiger partial charge in [-0.05, 0) is 68.2 Å². The summed E-state index contributed by atoms with van der Waals surface area (Å²) in [5.74, 6) is 0.544. The van der Waals surface area contributed by atoms with E-state index in [1.165, 1.54) is 37.0 Å². The van der Waals surface area contributed by atoms with Gasteiger partial charge in [0.1, 0.15) is 6.61 Å². The molecule has 6 nitrogen and oxygen atoms in total. The predicted molar refractivity (Wildman–Crippen MR) is 135 cm³/mol. The number of rotatable bonds is 9. The molecule has 0 saturated heterocycles. The Labute approximate surface area is 210 Å². The molecular formula is C27H32ClFN2O4. The number of benzene rings is 2. The van der Waals surface area contributed by atoms with E-state index in [0.29, 0.717) is 36.1 Å². The number of carbonyl (C=O) groups is 1. The molecule has 0 radical (unpaired) electrons. The van der Waals surface area contributed by atoms with Crippen molar-refractivity contribution in [1.29, 1.82) is 0 Å². The molecule has 0 spiro atoms. The van der Waals surface area contributed by atoms with Crippen molar-refractivity contribution in [3.63, 3.8) is 0 Å². The highest BCUT2D eigenvalue weighted by atomic mass is 35.5. The highest BCUT2D eigenvalue weighted by Gasteiger charge is 2.32. The Morgan fingerprint density at radius 2 is 2.11 bits per heavy atom. The molecule has 188 valence electrons. The van der Waals surface area contributed by atoms with E-state index in [1.807, 2.05) is 18.4 Å². The summed E-state index contributed by atoms with van der Waals surface area (Å²) in [5.41, 5.74) is 8.43. The van der Waals surface area contributed by atoms with Crippen molar-refractivity contribution in [1.82, 2.24) is 5.32 Å². The molecule has 5 rings (SSSR count). The lowest BCUT2D eigenvalue weighted by Gasteiger charge is -2.38. The summed E-state index contributed by atoms with van der Waals surface area (Å²) < 4.78 is 31.2. The van der Waals surface area contributed by atoms with Gasteiger partial charge in [0.15, 0.2) is 22.9 Å². The van der Waals surface area contributed by atoms with Crippen LogP contribution in [0.4, 0.5) is 4.39 Å². The van der Waals surface area contributed by atoms with E-state index in [9.17, 15) is 9.18 Å². The average molecular weight is 503 g/mol. The number of furan rings is 1. The molecule has 2 aliphatic rings. The molecule has 3 N–H and O–H groups in total. The summed E-state index contributed by atoms with van der Waals surface area (Å²) in [7, 11) is 1.65. The predicted octanol–water partition coefficient (Wildman–Crippen LogP) is 5.19. The lowest BCUT2D eigenvalue weighted by atomic mass is 9.77. The van der Waals surface area contributed by atoms with Crippen LogP contribution in [0.15, 0.2) is 41.0 Å². The Balaban J connectivity index is 0.00000289. The minimum absolute atomic E-state index is 0. The number of fused-ring (bicyclic) bond motifs is 2. The first-order valence-corrected chi connectivity index (χ1v) is 12.1. The number of nitrogens with two attached hydrogens (primary N) is 1. The SMILES string of the molecule is COc1cccc2c(CCCC(NC3COc4c(F)ccc(C(N)=O)c4C3)C3CCC3)coc12.Cl. The number of hydrogen-bond donors (Lipinski definition) is 2. The Morgan fingerprint density at radius 1 is 1.29 bits per heavy atom. The van der Waals surface area contributed by atoms with Crippen LogP contribution in [0.2, 0.25) is 0 Å². The van der Waals surface area contributed by atoms with Gasteiger partial charge in [-0.15, -0.1) is 12.4 Å². The lowest BCUT2D eigenvalue weighted by Crippen LogP contribution is -2.49. The van der Waals surface area contributed by atoms with Crippen molar-refractivity contribution in [3.05, 3.63) is 59.1 Å². The highest BCUT2D eigenvalue weighted by Crippen LogP contribution is 2.35. The van der Waals surface area contributed by atoms with E-state index < -0.39 is 11.7 Å². The van der Waals surface area contributed by atoms with Crippen LogP contribution in [0.1, 0.15) is 53.6 Å². The van der Waals surface area contributed by atoms with Gasteiger partial charge in [-0.3, -0.25) is 4.79 Å². The molecule has 1 aromatic heterocycles. The molecule has 1 aliphatic carbocycles. The molecule has 1 fully saturated rings. The van der Waals surface area contributed by atoms with Crippen LogP contribution in [0.25, 0.3) is 11.0 Å². The topological polar surface area (TPSA) is 86.7 Å². The maximum Gasteiger partial charge on any atom is 0.249 e. The fourth-order valence-electron chi connectivity index (χ4n) is 5.34. The zero-order valence-electron chi connectivity index (χ0n) is 19.8. The molecule has 1 saturated carbocycles. The van der Waals surface area contributed by atoms with Crippen molar-refractivity contribution in [2.75, 3.05) is 13.7 Å². The zero-order valence-corrected chi connectivity index (χ0v) is 20.7. The lowest BCUT2D eigenvalue weighted by molar-refractivity contribution is 0.0996. The molecule has 1 aliphatic heterocycles. The minimum atomic E-state index is -0.556. The van der Waals surface area contributed by atoms with Gasteiger partial charge in [-0.25, -0.2) is 4.39 Å². The number of ether oxygens (including phenoxy) is 2. The number of nitrogens with one attached hydrogen (secondary N) is 1. The Morgan fingerprint density at radius 3 is 2.83 bits per heavy atom. The standard InChI is InChI=1S/C27H31FN2O4.ClH/c1-32-24-10-4-8-19-17(14-33-26(19)24)7-3-9-23(16-5-2-6-16)30-18-13-21-20(27(29)31)11-12-22(28)25(21)34-15-18;/h4,8,10-12,14,16,18,23,30H,2-3,5-7,9,13,15H2,1H3,(H2,29,31);1H. The van der Waals surface area contributed by atoms with Crippen molar-refractivity contribution in [2.45, 2.75) is 57.0 Å². The number of amides is 1. The van der Waals surface area contributed by atoms with Crippen molar-refractivity contribution in [2.24, 2.45) is 11.7 Å². The van der Waals surface area contributed by atoms with Gasteiger partial charge in [0.25, 0.3) is 0 Å². The molecule has 3 aromatic rings. The normalized spacial score (nSPS) is 18.2. The van der Waals surface area contributed by atoms with Crippen LogP contribution in [0.3, 0.4) is 0 Å². The smallest absolute Gasteiger partial charge is 0.249 e. The van der Waals surface area contributed by atoms with Crippen molar-refractivity contribution < 1.29 is 23.1 Å². The third-order valence-corrected chi connectivity index (χ3v) is 7.35. The largest absolute Gasteiger partial charge is 0.493 e. The second-order valence-corrected chi connectivity index (χ2v) is 9.43. The molecule has 1 amide bonds. The number of halogens is 2. The number of carbonyl (C=O) groups excluding carboxylic acids is 1. The van der Waals surface area contributed by atoms with Gasteiger partial charge < -0.3 is 24.9 Å². The second kappa shape index (κ2) is 10.9. The number of hydrogen-bond acceptors (Lipinski definition) is 5. The fourth-order valence-corrected chi connectivity index (χ4v) is 5.34. The molecule has 2 unspecified atom stereocenters. The highest BCUT2D eigenvalue weighted by molar-refractivity contribution is 5.95. The molecule has 2 atom stereocenters. The van der Waals surface area contributed by atoms with Crippen LogP contribution < -0.4 is 20.5 Å². The first-order chi connectivity index (χ1) is 16.5. The van der Waals surface area contributed by atoms with Gasteiger partial charge in [-0.1, -0.05) is 18.6 Å². The molecule has 35 heavy (non-hydrogen) atoms. The van der Waals surface area contributed by atoms with Crippen LogP contribution in [0.5, 0.6) is 11.5 Å². The molecule has 2 heterocycles. The van der Waals surface area contributed by atoms with Crippen molar-refractivity contribution in [3.8, 4) is 11.5 Å².